The molecule has 0 aliphatic carbocycles. The standard InChI is InChI=1S/C22H22ClNO5/c1-14(2)13-18(24-20(25)15-7-3-4-8-16(15)21(24)26)22(27)29-12-11-28-19-10-6-5-9-17(19)23/h3-10,14,18H,11-13H2,1-2H3. The summed E-state index contributed by atoms with van der Waals surface area (Å²) in [5.41, 5.74) is 0.613. The number of fused-ring (bicyclic) bond motifs is 1. The van der Waals surface area contributed by atoms with Crippen LogP contribution in [0.2, 0.25) is 5.02 Å². The second kappa shape index (κ2) is 9.09. The van der Waals surface area contributed by atoms with Crippen molar-refractivity contribution in [3.63, 3.8) is 0 Å². The van der Waals surface area contributed by atoms with Crippen LogP contribution in [0.15, 0.2) is 48.5 Å². The normalized spacial score (nSPS) is 14.1. The van der Waals surface area contributed by atoms with Gasteiger partial charge >= 0.3 is 5.97 Å². The van der Waals surface area contributed by atoms with Crippen molar-refractivity contribution in [3.05, 3.63) is 64.7 Å². The van der Waals surface area contributed by atoms with Gasteiger partial charge in [-0.2, -0.15) is 0 Å². The number of amides is 2. The molecule has 1 aliphatic heterocycles. The van der Waals surface area contributed by atoms with Gasteiger partial charge in [0.1, 0.15) is 25.0 Å². The molecule has 152 valence electrons. The molecule has 0 radical (unpaired) electrons. The molecule has 0 saturated heterocycles. The van der Waals surface area contributed by atoms with Gasteiger partial charge in [0, 0.05) is 0 Å². The summed E-state index contributed by atoms with van der Waals surface area (Å²) in [6.45, 7) is 3.91. The van der Waals surface area contributed by atoms with Gasteiger partial charge in [0.2, 0.25) is 0 Å². The number of carbonyl (C=O) groups excluding carboxylic acids is 3. The highest BCUT2D eigenvalue weighted by Crippen LogP contribution is 2.27. The molecule has 0 fully saturated rings. The molecule has 3 rings (SSSR count). The molecule has 1 heterocycles. The molecule has 0 aromatic heterocycles. The zero-order valence-electron chi connectivity index (χ0n) is 16.3. The van der Waals surface area contributed by atoms with E-state index in [0.29, 0.717) is 28.3 Å². The number of nitrogens with zero attached hydrogens (tertiary/aromatic N) is 1. The van der Waals surface area contributed by atoms with E-state index in [4.69, 9.17) is 21.1 Å². The van der Waals surface area contributed by atoms with Gasteiger partial charge in [-0.15, -0.1) is 0 Å². The van der Waals surface area contributed by atoms with E-state index in [0.717, 1.165) is 4.90 Å². The van der Waals surface area contributed by atoms with Crippen molar-refractivity contribution in [3.8, 4) is 5.75 Å². The number of para-hydroxylation sites is 1. The Hall–Kier alpha value is -2.86. The van der Waals surface area contributed by atoms with Crippen LogP contribution in [-0.2, 0) is 9.53 Å². The van der Waals surface area contributed by atoms with Crippen LogP contribution in [0.1, 0.15) is 41.0 Å². The van der Waals surface area contributed by atoms with E-state index >= 15 is 0 Å². The van der Waals surface area contributed by atoms with Crippen LogP contribution >= 0.6 is 11.6 Å². The summed E-state index contributed by atoms with van der Waals surface area (Å²) in [4.78, 5) is 39.2. The molecule has 1 unspecified atom stereocenters. The highest BCUT2D eigenvalue weighted by molar-refractivity contribution is 6.32. The van der Waals surface area contributed by atoms with Gasteiger partial charge in [-0.05, 0) is 36.6 Å². The summed E-state index contributed by atoms with van der Waals surface area (Å²) in [6.07, 6.45) is 0.315. The van der Waals surface area contributed by atoms with Crippen molar-refractivity contribution in [2.75, 3.05) is 13.2 Å². The molecule has 2 aromatic rings. The Morgan fingerprint density at radius 1 is 0.966 bits per heavy atom. The molecule has 2 amide bonds. The molecule has 0 bridgehead atoms. The first-order valence-corrected chi connectivity index (χ1v) is 9.78. The number of halogens is 1. The van der Waals surface area contributed by atoms with Crippen LogP contribution in [0.4, 0.5) is 0 Å². The number of carbonyl (C=O) groups is 3. The van der Waals surface area contributed by atoms with Crippen molar-refractivity contribution in [1.29, 1.82) is 0 Å². The number of hydrogen-bond donors (Lipinski definition) is 0. The molecule has 0 N–H and O–H groups in total. The SMILES string of the molecule is CC(C)CC(C(=O)OCCOc1ccccc1Cl)N1C(=O)c2ccccc2C1=O. The quantitative estimate of drug-likeness (QED) is 0.370. The summed E-state index contributed by atoms with van der Waals surface area (Å²) in [6, 6.07) is 12.6. The molecule has 29 heavy (non-hydrogen) atoms. The zero-order valence-corrected chi connectivity index (χ0v) is 17.0. The third-order valence-corrected chi connectivity index (χ3v) is 4.84. The molecule has 0 spiro atoms. The Morgan fingerprint density at radius 3 is 2.14 bits per heavy atom. The van der Waals surface area contributed by atoms with Crippen LogP contribution < -0.4 is 4.74 Å². The van der Waals surface area contributed by atoms with Crippen molar-refractivity contribution in [2.24, 2.45) is 5.92 Å². The number of benzene rings is 2. The van der Waals surface area contributed by atoms with Gasteiger partial charge < -0.3 is 9.47 Å². The Balaban J connectivity index is 1.66. The van der Waals surface area contributed by atoms with E-state index in [9.17, 15) is 14.4 Å². The van der Waals surface area contributed by atoms with Crippen molar-refractivity contribution in [2.45, 2.75) is 26.3 Å². The van der Waals surface area contributed by atoms with Gasteiger partial charge in [-0.1, -0.05) is 49.7 Å². The van der Waals surface area contributed by atoms with Crippen LogP contribution in [0.25, 0.3) is 0 Å². The summed E-state index contributed by atoms with van der Waals surface area (Å²) in [7, 11) is 0. The summed E-state index contributed by atoms with van der Waals surface area (Å²) >= 11 is 6.02. The summed E-state index contributed by atoms with van der Waals surface area (Å²) in [5, 5.41) is 0.461. The second-order valence-electron chi connectivity index (χ2n) is 7.12. The predicted octanol–water partition coefficient (Wildman–Crippen LogP) is 3.97. The van der Waals surface area contributed by atoms with Gasteiger partial charge in [0.15, 0.2) is 0 Å². The third kappa shape index (κ3) is 4.59. The Kier molecular flexibility index (Phi) is 6.54. The van der Waals surface area contributed by atoms with Crippen LogP contribution in [0.5, 0.6) is 5.75 Å². The average molecular weight is 416 g/mol. The first-order valence-electron chi connectivity index (χ1n) is 9.41. The van der Waals surface area contributed by atoms with E-state index < -0.39 is 23.8 Å². The van der Waals surface area contributed by atoms with E-state index in [1.807, 2.05) is 13.8 Å². The predicted molar refractivity (Wildman–Crippen MR) is 108 cm³/mol. The fourth-order valence-corrected chi connectivity index (χ4v) is 3.39. The Morgan fingerprint density at radius 2 is 1.55 bits per heavy atom. The molecule has 0 saturated carbocycles. The van der Waals surface area contributed by atoms with Gasteiger partial charge in [-0.25, -0.2) is 4.79 Å². The Bertz CT molecular complexity index is 892. The van der Waals surface area contributed by atoms with E-state index in [1.165, 1.54) is 0 Å². The van der Waals surface area contributed by atoms with E-state index in [1.54, 1.807) is 48.5 Å². The highest BCUT2D eigenvalue weighted by atomic mass is 35.5. The minimum Gasteiger partial charge on any atom is -0.488 e. The largest absolute Gasteiger partial charge is 0.488 e. The third-order valence-electron chi connectivity index (χ3n) is 4.53. The van der Waals surface area contributed by atoms with Gasteiger partial charge in [-0.3, -0.25) is 14.5 Å². The van der Waals surface area contributed by atoms with E-state index in [2.05, 4.69) is 0 Å². The molecular weight excluding hydrogens is 394 g/mol. The van der Waals surface area contributed by atoms with Crippen LogP contribution in [0.3, 0.4) is 0 Å². The monoisotopic (exact) mass is 415 g/mol. The van der Waals surface area contributed by atoms with Gasteiger partial charge in [0.25, 0.3) is 11.8 Å². The van der Waals surface area contributed by atoms with Crippen molar-refractivity contribution >= 4 is 29.4 Å². The molecule has 7 heteroatoms. The Labute approximate surface area is 174 Å². The smallest absolute Gasteiger partial charge is 0.329 e. The first kappa shape index (κ1) is 20.9. The van der Waals surface area contributed by atoms with E-state index in [-0.39, 0.29) is 19.1 Å². The second-order valence-corrected chi connectivity index (χ2v) is 7.52. The number of hydrogen-bond acceptors (Lipinski definition) is 5. The maximum Gasteiger partial charge on any atom is 0.329 e. The molecule has 1 aliphatic rings. The molecule has 1 atom stereocenters. The lowest BCUT2D eigenvalue weighted by Gasteiger charge is -2.26. The van der Waals surface area contributed by atoms with Gasteiger partial charge in [0.05, 0.1) is 16.1 Å². The molecule has 2 aromatic carbocycles. The maximum absolute atomic E-state index is 12.7. The first-order chi connectivity index (χ1) is 13.9. The minimum absolute atomic E-state index is 0.0260. The number of rotatable bonds is 8. The van der Waals surface area contributed by atoms with Crippen molar-refractivity contribution in [1.82, 2.24) is 4.90 Å². The lowest BCUT2D eigenvalue weighted by atomic mass is 10.0. The molecular formula is C22H22ClNO5. The summed E-state index contributed by atoms with van der Waals surface area (Å²) < 4.78 is 10.8. The number of ether oxygens (including phenoxy) is 2. The van der Waals surface area contributed by atoms with Crippen molar-refractivity contribution < 1.29 is 23.9 Å². The molecule has 6 nitrogen and oxygen atoms in total. The topological polar surface area (TPSA) is 72.9 Å². The fourth-order valence-electron chi connectivity index (χ4n) is 3.20. The maximum atomic E-state index is 12.7. The average Bonchev–Trinajstić information content (AvgIpc) is 2.95. The highest BCUT2D eigenvalue weighted by Gasteiger charge is 2.43. The number of imide groups is 1. The fraction of sp³-hybridized carbons (Fsp3) is 0.318. The van der Waals surface area contributed by atoms with Crippen LogP contribution in [0, 0.1) is 5.92 Å². The van der Waals surface area contributed by atoms with Crippen LogP contribution in [-0.4, -0.2) is 41.9 Å². The minimum atomic E-state index is -0.984. The lowest BCUT2D eigenvalue weighted by molar-refractivity contribution is -0.149. The number of esters is 1. The lowest BCUT2D eigenvalue weighted by Crippen LogP contribution is -2.46. The summed E-state index contributed by atoms with van der Waals surface area (Å²) in [5.74, 6) is -1.00. The zero-order chi connectivity index (χ0) is 21.0.